The lowest BCUT2D eigenvalue weighted by Gasteiger charge is -2.06. The molecule has 0 aliphatic carbocycles. The molecule has 21 heavy (non-hydrogen) atoms. The van der Waals surface area contributed by atoms with Crippen molar-refractivity contribution in [3.05, 3.63) is 38.9 Å². The number of nitrogens with one attached hydrogen (secondary N) is 2. The molecule has 0 spiro atoms. The molecule has 3 N–H and O–H groups in total. The molecule has 2 amide bonds. The molecule has 0 aromatic heterocycles. The molecule has 0 saturated carbocycles. The monoisotopic (exact) mass is 315 g/mol. The number of hydrogen-bond acceptors (Lipinski definition) is 5. The molecule has 0 aliphatic heterocycles. The van der Waals surface area contributed by atoms with E-state index >= 15 is 0 Å². The lowest BCUT2D eigenvalue weighted by molar-refractivity contribution is -0.385. The predicted molar refractivity (Wildman–Crippen MR) is 71.1 cm³/mol. The number of hydrogen-bond donors (Lipinski definition) is 3. The van der Waals surface area contributed by atoms with Crippen LogP contribution in [0.1, 0.15) is 10.4 Å². The summed E-state index contributed by atoms with van der Waals surface area (Å²) >= 11 is 5.67. The van der Waals surface area contributed by atoms with Crippen LogP contribution in [-0.2, 0) is 9.59 Å². The van der Waals surface area contributed by atoms with Crippen molar-refractivity contribution in [2.24, 2.45) is 0 Å². The van der Waals surface area contributed by atoms with Crippen LogP contribution in [-0.4, -0.2) is 40.9 Å². The Kier molecular flexibility index (Phi) is 5.61. The summed E-state index contributed by atoms with van der Waals surface area (Å²) in [6, 6.07) is 3.43. The van der Waals surface area contributed by atoms with Crippen LogP contribution in [0.4, 0.5) is 5.69 Å². The number of nitrogens with zero attached hydrogens (tertiary/aromatic N) is 1. The minimum Gasteiger partial charge on any atom is -0.480 e. The van der Waals surface area contributed by atoms with Crippen LogP contribution >= 0.6 is 11.6 Å². The summed E-state index contributed by atoms with van der Waals surface area (Å²) in [7, 11) is 0. The molecule has 0 fully saturated rings. The number of carbonyl (C=O) groups is 3. The lowest BCUT2D eigenvalue weighted by Crippen LogP contribution is -2.39. The summed E-state index contributed by atoms with van der Waals surface area (Å²) in [6.45, 7) is -1.11. The first kappa shape index (κ1) is 16.4. The van der Waals surface area contributed by atoms with E-state index in [2.05, 4.69) is 5.32 Å². The van der Waals surface area contributed by atoms with Gasteiger partial charge in [0.15, 0.2) is 0 Å². The van der Waals surface area contributed by atoms with E-state index in [1.54, 1.807) is 0 Å². The highest BCUT2D eigenvalue weighted by molar-refractivity contribution is 6.31. The summed E-state index contributed by atoms with van der Waals surface area (Å²) in [6.07, 6.45) is 0. The first-order valence-corrected chi connectivity index (χ1v) is 5.89. The van der Waals surface area contributed by atoms with Crippen LogP contribution in [0.25, 0.3) is 0 Å². The number of nitro groups is 1. The number of amides is 2. The molecule has 112 valence electrons. The van der Waals surface area contributed by atoms with Crippen molar-refractivity contribution in [3.63, 3.8) is 0 Å². The molecular weight excluding hydrogens is 306 g/mol. The van der Waals surface area contributed by atoms with Crippen LogP contribution in [0.15, 0.2) is 18.2 Å². The average Bonchev–Trinajstić information content (AvgIpc) is 2.41. The van der Waals surface area contributed by atoms with E-state index in [9.17, 15) is 24.5 Å². The van der Waals surface area contributed by atoms with Crippen molar-refractivity contribution >= 4 is 35.1 Å². The molecule has 1 aromatic rings. The Morgan fingerprint density at radius 3 is 2.48 bits per heavy atom. The largest absolute Gasteiger partial charge is 0.480 e. The summed E-state index contributed by atoms with van der Waals surface area (Å²) < 4.78 is 0. The standard InChI is InChI=1S/C11H10ClN3O6/c12-6-1-2-8(15(20)21)7(3-6)11(19)14-4-9(16)13-5-10(17)18/h1-3H,4-5H2,(H,13,16)(H,14,19)(H,17,18). The number of carbonyl (C=O) groups excluding carboxylic acids is 2. The molecule has 1 aromatic carbocycles. The lowest BCUT2D eigenvalue weighted by atomic mass is 10.1. The highest BCUT2D eigenvalue weighted by atomic mass is 35.5. The van der Waals surface area contributed by atoms with Crippen LogP contribution < -0.4 is 10.6 Å². The summed E-state index contributed by atoms with van der Waals surface area (Å²) in [5.74, 6) is -2.84. The van der Waals surface area contributed by atoms with Crippen molar-refractivity contribution in [3.8, 4) is 0 Å². The minimum atomic E-state index is -1.24. The second-order valence-electron chi connectivity index (χ2n) is 3.77. The molecule has 0 aliphatic rings. The third kappa shape index (κ3) is 5.07. The van der Waals surface area contributed by atoms with Gasteiger partial charge in [-0.15, -0.1) is 0 Å². The van der Waals surface area contributed by atoms with Gasteiger partial charge in [-0.3, -0.25) is 24.5 Å². The van der Waals surface area contributed by atoms with E-state index in [1.165, 1.54) is 6.07 Å². The van der Waals surface area contributed by atoms with Crippen LogP contribution in [0, 0.1) is 10.1 Å². The zero-order valence-electron chi connectivity index (χ0n) is 10.5. The second kappa shape index (κ2) is 7.20. The van der Waals surface area contributed by atoms with Gasteiger partial charge in [0.1, 0.15) is 12.1 Å². The van der Waals surface area contributed by atoms with Crippen molar-refractivity contribution < 1.29 is 24.4 Å². The molecule has 0 radical (unpaired) electrons. The fourth-order valence-corrected chi connectivity index (χ4v) is 1.51. The van der Waals surface area contributed by atoms with Gasteiger partial charge in [-0.05, 0) is 12.1 Å². The van der Waals surface area contributed by atoms with E-state index in [1.807, 2.05) is 5.32 Å². The first-order valence-electron chi connectivity index (χ1n) is 5.52. The summed E-state index contributed by atoms with van der Waals surface area (Å²) in [5, 5.41) is 23.4. The number of rotatable bonds is 6. The zero-order chi connectivity index (χ0) is 16.0. The van der Waals surface area contributed by atoms with Gasteiger partial charge in [0, 0.05) is 11.1 Å². The van der Waals surface area contributed by atoms with E-state index in [4.69, 9.17) is 16.7 Å². The highest BCUT2D eigenvalue weighted by Gasteiger charge is 2.20. The Morgan fingerprint density at radius 1 is 1.24 bits per heavy atom. The van der Waals surface area contributed by atoms with Crippen LogP contribution in [0.5, 0.6) is 0 Å². The van der Waals surface area contributed by atoms with Gasteiger partial charge in [-0.25, -0.2) is 0 Å². The summed E-state index contributed by atoms with van der Waals surface area (Å²) in [5.41, 5.74) is -0.749. The minimum absolute atomic E-state index is 0.126. The SMILES string of the molecule is O=C(O)CNC(=O)CNC(=O)c1cc(Cl)ccc1[N+](=O)[O-]. The van der Waals surface area contributed by atoms with E-state index in [-0.39, 0.29) is 10.6 Å². The van der Waals surface area contributed by atoms with Gasteiger partial charge >= 0.3 is 5.97 Å². The number of halogens is 1. The van der Waals surface area contributed by atoms with Crippen molar-refractivity contribution in [1.29, 1.82) is 0 Å². The molecule has 10 heteroatoms. The number of nitro benzene ring substituents is 1. The molecule has 0 atom stereocenters. The Bertz CT molecular complexity index is 604. The average molecular weight is 316 g/mol. The van der Waals surface area contributed by atoms with Gasteiger partial charge in [0.2, 0.25) is 5.91 Å². The Morgan fingerprint density at radius 2 is 1.90 bits per heavy atom. The number of benzene rings is 1. The first-order chi connectivity index (χ1) is 9.81. The fourth-order valence-electron chi connectivity index (χ4n) is 1.34. The van der Waals surface area contributed by atoms with Crippen LogP contribution in [0.2, 0.25) is 5.02 Å². The van der Waals surface area contributed by atoms with Gasteiger partial charge in [-0.1, -0.05) is 11.6 Å². The quantitative estimate of drug-likeness (QED) is 0.505. The molecule has 0 unspecified atom stereocenters. The smallest absolute Gasteiger partial charge is 0.322 e. The number of carboxylic acids is 1. The van der Waals surface area contributed by atoms with E-state index < -0.39 is 41.5 Å². The van der Waals surface area contributed by atoms with E-state index in [0.717, 1.165) is 12.1 Å². The van der Waals surface area contributed by atoms with E-state index in [0.29, 0.717) is 0 Å². The Hall–Kier alpha value is -2.68. The fraction of sp³-hybridized carbons (Fsp3) is 0.182. The molecule has 0 saturated heterocycles. The maximum absolute atomic E-state index is 11.8. The number of carboxylic acid groups (broad SMARTS) is 1. The maximum Gasteiger partial charge on any atom is 0.322 e. The Labute approximate surface area is 123 Å². The maximum atomic E-state index is 11.8. The topological polar surface area (TPSA) is 139 Å². The highest BCUT2D eigenvalue weighted by Crippen LogP contribution is 2.22. The number of aliphatic carboxylic acids is 1. The van der Waals surface area contributed by atoms with Crippen molar-refractivity contribution in [2.45, 2.75) is 0 Å². The molecule has 1 rings (SSSR count). The third-order valence-corrected chi connectivity index (χ3v) is 2.48. The normalized spacial score (nSPS) is 9.76. The van der Waals surface area contributed by atoms with Crippen molar-refractivity contribution in [1.82, 2.24) is 10.6 Å². The molecular formula is C11H10ClN3O6. The summed E-state index contributed by atoms with van der Waals surface area (Å²) in [4.78, 5) is 43.3. The molecule has 9 nitrogen and oxygen atoms in total. The van der Waals surface area contributed by atoms with Crippen LogP contribution in [0.3, 0.4) is 0 Å². The third-order valence-electron chi connectivity index (χ3n) is 2.25. The van der Waals surface area contributed by atoms with Gasteiger partial charge in [-0.2, -0.15) is 0 Å². The van der Waals surface area contributed by atoms with Gasteiger partial charge in [0.25, 0.3) is 11.6 Å². The second-order valence-corrected chi connectivity index (χ2v) is 4.21. The van der Waals surface area contributed by atoms with Gasteiger partial charge in [0.05, 0.1) is 11.5 Å². The zero-order valence-corrected chi connectivity index (χ0v) is 11.2. The molecule has 0 heterocycles. The Balaban J connectivity index is 2.72. The van der Waals surface area contributed by atoms with Gasteiger partial charge < -0.3 is 15.7 Å². The predicted octanol–water partition coefficient (Wildman–Crippen LogP) is 0.179. The molecule has 0 bridgehead atoms. The van der Waals surface area contributed by atoms with Crippen molar-refractivity contribution in [2.75, 3.05) is 13.1 Å².